The fraction of sp³-hybridized carbons (Fsp3) is 0.348. The van der Waals surface area contributed by atoms with Gasteiger partial charge in [-0.25, -0.2) is 0 Å². The maximum absolute atomic E-state index is 13.2. The number of nitrogens with one attached hydrogen (secondary N) is 2. The molecule has 2 aromatic carbocycles. The molecular formula is C23H26N2O4. The molecule has 1 saturated carbocycles. The molecule has 0 aromatic heterocycles. The number of aryl methyl sites for hydroxylation is 1. The van der Waals surface area contributed by atoms with E-state index in [0.717, 1.165) is 36.8 Å². The SMILES string of the molecule is Cc1cccc(C2(C(=O)Nc3ccc(C(=O)NCCC(=O)O)cc3)CCCC2)c1. The third-order valence-electron chi connectivity index (χ3n) is 5.49. The number of amides is 2. The number of benzene rings is 2. The Hall–Kier alpha value is -3.15. The Morgan fingerprint density at radius 3 is 2.34 bits per heavy atom. The van der Waals surface area contributed by atoms with E-state index in [-0.39, 0.29) is 24.8 Å². The number of carboxylic acid groups (broad SMARTS) is 1. The van der Waals surface area contributed by atoms with E-state index in [1.165, 1.54) is 0 Å². The van der Waals surface area contributed by atoms with Crippen molar-refractivity contribution in [3.8, 4) is 0 Å². The van der Waals surface area contributed by atoms with Gasteiger partial charge >= 0.3 is 5.97 Å². The van der Waals surface area contributed by atoms with Crippen LogP contribution in [0.2, 0.25) is 0 Å². The zero-order valence-electron chi connectivity index (χ0n) is 16.5. The molecule has 3 N–H and O–H groups in total. The van der Waals surface area contributed by atoms with Gasteiger partial charge in [0.25, 0.3) is 5.91 Å². The molecule has 1 aliphatic rings. The van der Waals surface area contributed by atoms with Gasteiger partial charge in [0.15, 0.2) is 0 Å². The summed E-state index contributed by atoms with van der Waals surface area (Å²) < 4.78 is 0. The van der Waals surface area contributed by atoms with Crippen molar-refractivity contribution in [3.63, 3.8) is 0 Å². The van der Waals surface area contributed by atoms with Gasteiger partial charge in [-0.3, -0.25) is 14.4 Å². The number of aliphatic carboxylic acids is 1. The van der Waals surface area contributed by atoms with Gasteiger partial charge in [0, 0.05) is 17.8 Å². The standard InChI is InChI=1S/C23H26N2O4/c1-16-5-4-6-18(15-16)23(12-2-3-13-23)22(29)25-19-9-7-17(8-10-19)21(28)24-14-11-20(26)27/h4-10,15H,2-3,11-14H2,1H3,(H,24,28)(H,25,29)(H,26,27). The Bertz CT molecular complexity index is 899. The third-order valence-corrected chi connectivity index (χ3v) is 5.49. The van der Waals surface area contributed by atoms with Gasteiger partial charge in [-0.2, -0.15) is 0 Å². The molecule has 0 aliphatic heterocycles. The van der Waals surface area contributed by atoms with Crippen LogP contribution in [0.4, 0.5) is 5.69 Å². The van der Waals surface area contributed by atoms with E-state index in [4.69, 9.17) is 5.11 Å². The third kappa shape index (κ3) is 4.83. The van der Waals surface area contributed by atoms with E-state index < -0.39 is 11.4 Å². The molecule has 0 saturated heterocycles. The van der Waals surface area contributed by atoms with Crippen molar-refractivity contribution in [2.75, 3.05) is 11.9 Å². The molecule has 2 amide bonds. The minimum Gasteiger partial charge on any atom is -0.481 e. The Morgan fingerprint density at radius 1 is 1.03 bits per heavy atom. The Kier molecular flexibility index (Phi) is 6.32. The van der Waals surface area contributed by atoms with Crippen LogP contribution in [0, 0.1) is 6.92 Å². The van der Waals surface area contributed by atoms with Crippen LogP contribution < -0.4 is 10.6 Å². The fourth-order valence-corrected chi connectivity index (χ4v) is 3.91. The Morgan fingerprint density at radius 2 is 1.72 bits per heavy atom. The van der Waals surface area contributed by atoms with Crippen molar-refractivity contribution < 1.29 is 19.5 Å². The topological polar surface area (TPSA) is 95.5 Å². The highest BCUT2D eigenvalue weighted by molar-refractivity contribution is 6.00. The number of carbonyl (C=O) groups excluding carboxylic acids is 2. The van der Waals surface area contributed by atoms with Crippen molar-refractivity contribution in [2.24, 2.45) is 0 Å². The first-order chi connectivity index (χ1) is 13.9. The molecule has 6 nitrogen and oxygen atoms in total. The first-order valence-electron chi connectivity index (χ1n) is 9.89. The smallest absolute Gasteiger partial charge is 0.305 e. The molecular weight excluding hydrogens is 368 g/mol. The van der Waals surface area contributed by atoms with Gasteiger partial charge in [0.1, 0.15) is 0 Å². The molecule has 0 atom stereocenters. The molecule has 0 bridgehead atoms. The average molecular weight is 394 g/mol. The first-order valence-corrected chi connectivity index (χ1v) is 9.89. The quantitative estimate of drug-likeness (QED) is 0.668. The van der Waals surface area contributed by atoms with Crippen LogP contribution >= 0.6 is 0 Å². The molecule has 6 heteroatoms. The largest absolute Gasteiger partial charge is 0.481 e. The predicted molar refractivity (Wildman–Crippen MR) is 111 cm³/mol. The monoisotopic (exact) mass is 394 g/mol. The first kappa shape index (κ1) is 20.6. The van der Waals surface area contributed by atoms with Crippen molar-refractivity contribution in [1.82, 2.24) is 5.32 Å². The number of hydrogen-bond donors (Lipinski definition) is 3. The normalized spacial score (nSPS) is 14.9. The number of anilines is 1. The van der Waals surface area contributed by atoms with Gasteiger partial charge < -0.3 is 15.7 Å². The van der Waals surface area contributed by atoms with Crippen molar-refractivity contribution in [3.05, 3.63) is 65.2 Å². The van der Waals surface area contributed by atoms with Crippen LogP contribution in [0.3, 0.4) is 0 Å². The lowest BCUT2D eigenvalue weighted by molar-refractivity contribution is -0.136. The highest BCUT2D eigenvalue weighted by Gasteiger charge is 2.42. The van der Waals surface area contributed by atoms with Gasteiger partial charge in [-0.15, -0.1) is 0 Å². The van der Waals surface area contributed by atoms with Gasteiger partial charge in [0.2, 0.25) is 5.91 Å². The zero-order valence-corrected chi connectivity index (χ0v) is 16.5. The number of carbonyl (C=O) groups is 3. The summed E-state index contributed by atoms with van der Waals surface area (Å²) in [5, 5.41) is 14.2. The second-order valence-electron chi connectivity index (χ2n) is 7.59. The molecule has 1 fully saturated rings. The molecule has 0 heterocycles. The Balaban J connectivity index is 1.69. The second-order valence-corrected chi connectivity index (χ2v) is 7.59. The van der Waals surface area contributed by atoms with Crippen molar-refractivity contribution in [1.29, 1.82) is 0 Å². The lowest BCUT2D eigenvalue weighted by Crippen LogP contribution is -2.38. The van der Waals surface area contributed by atoms with E-state index in [9.17, 15) is 14.4 Å². The van der Waals surface area contributed by atoms with Crippen LogP contribution in [0.1, 0.15) is 53.6 Å². The summed E-state index contributed by atoms with van der Waals surface area (Å²) in [6.45, 7) is 2.11. The fourth-order valence-electron chi connectivity index (χ4n) is 3.91. The summed E-state index contributed by atoms with van der Waals surface area (Å²) in [7, 11) is 0. The van der Waals surface area contributed by atoms with Crippen LogP contribution in [-0.4, -0.2) is 29.4 Å². The molecule has 29 heavy (non-hydrogen) atoms. The van der Waals surface area contributed by atoms with E-state index in [0.29, 0.717) is 11.3 Å². The predicted octanol–water partition coefficient (Wildman–Crippen LogP) is 3.65. The summed E-state index contributed by atoms with van der Waals surface area (Å²) in [5.74, 6) is -1.31. The summed E-state index contributed by atoms with van der Waals surface area (Å²) in [5.41, 5.74) is 2.74. The maximum atomic E-state index is 13.2. The molecule has 0 unspecified atom stereocenters. The minimum atomic E-state index is -0.960. The van der Waals surface area contributed by atoms with Gasteiger partial charge in [-0.05, 0) is 49.6 Å². The van der Waals surface area contributed by atoms with Crippen LogP contribution in [0.15, 0.2) is 48.5 Å². The summed E-state index contributed by atoms with van der Waals surface area (Å²) in [6, 6.07) is 14.8. The number of carboxylic acids is 1. The molecule has 2 aromatic rings. The highest BCUT2D eigenvalue weighted by atomic mass is 16.4. The maximum Gasteiger partial charge on any atom is 0.305 e. The van der Waals surface area contributed by atoms with E-state index in [1.54, 1.807) is 24.3 Å². The van der Waals surface area contributed by atoms with Crippen molar-refractivity contribution in [2.45, 2.75) is 44.4 Å². The summed E-state index contributed by atoms with van der Waals surface area (Å²) >= 11 is 0. The van der Waals surface area contributed by atoms with Crippen LogP contribution in [-0.2, 0) is 15.0 Å². The lowest BCUT2D eigenvalue weighted by atomic mass is 9.77. The molecule has 0 radical (unpaired) electrons. The van der Waals surface area contributed by atoms with Gasteiger partial charge in [0.05, 0.1) is 11.8 Å². The molecule has 152 valence electrons. The van der Waals surface area contributed by atoms with E-state index in [1.807, 2.05) is 25.1 Å². The number of hydrogen-bond acceptors (Lipinski definition) is 3. The highest BCUT2D eigenvalue weighted by Crippen LogP contribution is 2.42. The van der Waals surface area contributed by atoms with Crippen LogP contribution in [0.5, 0.6) is 0 Å². The molecule has 0 spiro atoms. The molecule has 3 rings (SSSR count). The summed E-state index contributed by atoms with van der Waals surface area (Å²) in [6.07, 6.45) is 3.58. The van der Waals surface area contributed by atoms with E-state index >= 15 is 0 Å². The van der Waals surface area contributed by atoms with E-state index in [2.05, 4.69) is 16.7 Å². The lowest BCUT2D eigenvalue weighted by Gasteiger charge is -2.28. The minimum absolute atomic E-state index is 0.0146. The zero-order chi connectivity index (χ0) is 20.9. The Labute approximate surface area is 170 Å². The number of rotatable bonds is 7. The van der Waals surface area contributed by atoms with Crippen molar-refractivity contribution >= 4 is 23.5 Å². The van der Waals surface area contributed by atoms with Crippen LogP contribution in [0.25, 0.3) is 0 Å². The average Bonchev–Trinajstić information content (AvgIpc) is 3.19. The summed E-state index contributed by atoms with van der Waals surface area (Å²) in [4.78, 5) is 35.8. The van der Waals surface area contributed by atoms with Gasteiger partial charge in [-0.1, -0.05) is 42.7 Å². The second kappa shape index (κ2) is 8.90. The molecule has 1 aliphatic carbocycles.